The summed E-state index contributed by atoms with van der Waals surface area (Å²) in [5.41, 5.74) is -0.921. The molecule has 0 bridgehead atoms. The zero-order chi connectivity index (χ0) is 20.2. The summed E-state index contributed by atoms with van der Waals surface area (Å²) in [5.74, 6) is 3.81. The largest absolute Gasteiger partial charge is 0.387 e. The van der Waals surface area contributed by atoms with Gasteiger partial charge in [0.1, 0.15) is 6.67 Å². The molecule has 1 aromatic rings. The van der Waals surface area contributed by atoms with Crippen molar-refractivity contribution in [2.45, 2.75) is 76.9 Å². The van der Waals surface area contributed by atoms with Crippen LogP contribution in [-0.4, -0.2) is 32.7 Å². The lowest BCUT2D eigenvalue weighted by Gasteiger charge is -2.57. The zero-order valence-corrected chi connectivity index (χ0v) is 17.6. The standard InChI is InChI=1S/C24H35FN2O2/c1-23-8-6-18-17-7-9-24(29,14-25)12-16(17)2-3-19(18)20(23)4-5-21(23)22(28)13-27-11-10-26-15-27/h10-11,15-21,29H,2-9,12-14H2,1H3/t16-,17-,18+,19+,20-,21+,23-,24-/m0/s1. The first-order chi connectivity index (χ1) is 13.9. The van der Waals surface area contributed by atoms with Crippen LogP contribution in [0.1, 0.15) is 64.7 Å². The van der Waals surface area contributed by atoms with Crippen LogP contribution in [0, 0.1) is 40.9 Å². The Labute approximate surface area is 173 Å². The third-order valence-corrected chi connectivity index (χ3v) is 9.64. The fraction of sp³-hybridized carbons (Fsp3) is 0.833. The van der Waals surface area contributed by atoms with Gasteiger partial charge in [-0.15, -0.1) is 0 Å². The highest BCUT2D eigenvalue weighted by Gasteiger charge is 2.58. The van der Waals surface area contributed by atoms with Crippen LogP contribution < -0.4 is 0 Å². The SMILES string of the molecule is C[C@]12CC[C@H]3[C@@H](CC[C@H]4C[C@](O)(CF)CC[C@@H]43)[C@@H]1CC[C@@H]2C(=O)Cn1ccnc1. The number of ketones is 1. The van der Waals surface area contributed by atoms with Gasteiger partial charge < -0.3 is 9.67 Å². The molecule has 5 heteroatoms. The molecule has 4 saturated carbocycles. The third kappa shape index (κ3) is 3.19. The molecule has 1 heterocycles. The van der Waals surface area contributed by atoms with Crippen LogP contribution in [0.25, 0.3) is 0 Å². The van der Waals surface area contributed by atoms with E-state index in [-0.39, 0.29) is 11.3 Å². The van der Waals surface area contributed by atoms with Gasteiger partial charge >= 0.3 is 0 Å². The summed E-state index contributed by atoms with van der Waals surface area (Å²) in [4.78, 5) is 17.2. The number of halogens is 1. The highest BCUT2D eigenvalue weighted by molar-refractivity contribution is 5.82. The zero-order valence-electron chi connectivity index (χ0n) is 17.6. The summed E-state index contributed by atoms with van der Waals surface area (Å²) in [5, 5.41) is 10.5. The van der Waals surface area contributed by atoms with Gasteiger partial charge in [0.2, 0.25) is 0 Å². The Morgan fingerprint density at radius 2 is 1.97 bits per heavy atom. The molecule has 4 aliphatic carbocycles. The maximum atomic E-state index is 13.3. The van der Waals surface area contributed by atoms with E-state index < -0.39 is 12.3 Å². The van der Waals surface area contributed by atoms with Gasteiger partial charge in [0.05, 0.1) is 18.5 Å². The molecule has 0 aromatic carbocycles. The van der Waals surface area contributed by atoms with Crippen LogP contribution in [0.15, 0.2) is 18.7 Å². The monoisotopic (exact) mass is 402 g/mol. The number of hydrogen-bond acceptors (Lipinski definition) is 3. The molecule has 0 unspecified atom stereocenters. The maximum absolute atomic E-state index is 13.3. The Morgan fingerprint density at radius 3 is 2.72 bits per heavy atom. The molecule has 0 saturated heterocycles. The van der Waals surface area contributed by atoms with Crippen molar-refractivity contribution in [2.75, 3.05) is 6.67 Å². The lowest BCUT2D eigenvalue weighted by atomic mass is 9.49. The van der Waals surface area contributed by atoms with E-state index in [2.05, 4.69) is 11.9 Å². The second-order valence-electron chi connectivity index (χ2n) is 10.9. The van der Waals surface area contributed by atoms with E-state index in [1.165, 1.54) is 19.3 Å². The molecule has 8 atom stereocenters. The number of aromatic nitrogens is 2. The predicted octanol–water partition coefficient (Wildman–Crippen LogP) is 4.42. The molecule has 1 aromatic heterocycles. The molecule has 0 amide bonds. The second-order valence-corrected chi connectivity index (χ2v) is 10.9. The highest BCUT2D eigenvalue weighted by atomic mass is 19.1. The number of Topliss-reactive ketones (excluding diaryl/α,β-unsaturated/α-hetero) is 1. The molecule has 4 nitrogen and oxygen atoms in total. The number of rotatable bonds is 4. The summed E-state index contributed by atoms with van der Waals surface area (Å²) in [6.07, 6.45) is 14.6. The Balaban J connectivity index is 1.31. The van der Waals surface area contributed by atoms with Crippen LogP contribution in [0.3, 0.4) is 0 Å². The van der Waals surface area contributed by atoms with Gasteiger partial charge in [-0.25, -0.2) is 9.37 Å². The van der Waals surface area contributed by atoms with Crippen LogP contribution in [0.2, 0.25) is 0 Å². The summed E-state index contributed by atoms with van der Waals surface area (Å²) in [6.45, 7) is 2.26. The van der Waals surface area contributed by atoms with Crippen molar-refractivity contribution in [3.05, 3.63) is 18.7 Å². The van der Waals surface area contributed by atoms with Crippen LogP contribution in [0.5, 0.6) is 0 Å². The van der Waals surface area contributed by atoms with Gasteiger partial charge in [0.25, 0.3) is 0 Å². The van der Waals surface area contributed by atoms with Crippen molar-refractivity contribution < 1.29 is 14.3 Å². The Kier molecular flexibility index (Phi) is 4.88. The minimum Gasteiger partial charge on any atom is -0.387 e. The molecule has 4 aliphatic rings. The molecule has 0 radical (unpaired) electrons. The summed E-state index contributed by atoms with van der Waals surface area (Å²) in [6, 6.07) is 0. The summed E-state index contributed by atoms with van der Waals surface area (Å²) in [7, 11) is 0. The number of imidazole rings is 1. The normalized spacial score (nSPS) is 46.6. The number of nitrogens with zero attached hydrogens (tertiary/aromatic N) is 2. The number of carbonyl (C=O) groups excluding carboxylic acids is 1. The van der Waals surface area contributed by atoms with E-state index in [9.17, 15) is 14.3 Å². The number of alkyl halides is 1. The Hall–Kier alpha value is -1.23. The lowest BCUT2D eigenvalue weighted by Crippen LogP contribution is -2.52. The average Bonchev–Trinajstić information content (AvgIpc) is 3.34. The second kappa shape index (κ2) is 7.18. The quantitative estimate of drug-likeness (QED) is 0.811. The smallest absolute Gasteiger partial charge is 0.156 e. The van der Waals surface area contributed by atoms with Gasteiger partial charge in [-0.3, -0.25) is 4.79 Å². The van der Waals surface area contributed by atoms with Gasteiger partial charge in [-0.2, -0.15) is 0 Å². The minimum absolute atomic E-state index is 0.139. The Morgan fingerprint density at radius 1 is 1.14 bits per heavy atom. The van der Waals surface area contributed by atoms with E-state index >= 15 is 0 Å². The molecule has 1 N–H and O–H groups in total. The average molecular weight is 403 g/mol. The van der Waals surface area contributed by atoms with Crippen molar-refractivity contribution >= 4 is 5.78 Å². The van der Waals surface area contributed by atoms with Crippen molar-refractivity contribution in [3.63, 3.8) is 0 Å². The Bertz CT molecular complexity index is 752. The lowest BCUT2D eigenvalue weighted by molar-refractivity contribution is -0.134. The van der Waals surface area contributed by atoms with Crippen molar-refractivity contribution in [3.8, 4) is 0 Å². The third-order valence-electron chi connectivity index (χ3n) is 9.64. The first-order valence-electron chi connectivity index (χ1n) is 11.7. The molecule has 5 rings (SSSR count). The topological polar surface area (TPSA) is 55.1 Å². The molecule has 0 spiro atoms. The molecule has 160 valence electrons. The van der Waals surface area contributed by atoms with Crippen LogP contribution in [-0.2, 0) is 11.3 Å². The molecule has 4 fully saturated rings. The number of aliphatic hydroxyl groups is 1. The van der Waals surface area contributed by atoms with Crippen LogP contribution in [0.4, 0.5) is 4.39 Å². The van der Waals surface area contributed by atoms with E-state index in [4.69, 9.17) is 0 Å². The van der Waals surface area contributed by atoms with Gasteiger partial charge in [0.15, 0.2) is 5.78 Å². The summed E-state index contributed by atoms with van der Waals surface area (Å²) < 4.78 is 15.3. The number of fused-ring (bicyclic) bond motifs is 5. The van der Waals surface area contributed by atoms with Crippen molar-refractivity contribution in [1.29, 1.82) is 0 Å². The van der Waals surface area contributed by atoms with E-state index in [0.29, 0.717) is 42.9 Å². The van der Waals surface area contributed by atoms with E-state index in [1.54, 1.807) is 12.5 Å². The molecule has 0 aliphatic heterocycles. The fourth-order valence-corrected chi connectivity index (χ4v) is 8.28. The van der Waals surface area contributed by atoms with Gasteiger partial charge in [-0.1, -0.05) is 6.92 Å². The van der Waals surface area contributed by atoms with Gasteiger partial charge in [0, 0.05) is 18.3 Å². The van der Waals surface area contributed by atoms with Crippen LogP contribution >= 0.6 is 0 Å². The minimum atomic E-state index is -1.06. The fourth-order valence-electron chi connectivity index (χ4n) is 8.28. The predicted molar refractivity (Wildman–Crippen MR) is 109 cm³/mol. The highest BCUT2D eigenvalue weighted by Crippen LogP contribution is 2.64. The molecular weight excluding hydrogens is 367 g/mol. The van der Waals surface area contributed by atoms with E-state index in [1.807, 2.05) is 10.8 Å². The van der Waals surface area contributed by atoms with E-state index in [0.717, 1.165) is 37.5 Å². The van der Waals surface area contributed by atoms with Crippen molar-refractivity contribution in [2.24, 2.45) is 40.9 Å². The summed E-state index contributed by atoms with van der Waals surface area (Å²) >= 11 is 0. The first kappa shape index (κ1) is 19.7. The van der Waals surface area contributed by atoms with Gasteiger partial charge in [-0.05, 0) is 92.8 Å². The number of hydrogen-bond donors (Lipinski definition) is 1. The maximum Gasteiger partial charge on any atom is 0.156 e. The number of carbonyl (C=O) groups is 1. The first-order valence-corrected chi connectivity index (χ1v) is 11.7. The molecular formula is C24H35FN2O2. The van der Waals surface area contributed by atoms with Crippen molar-refractivity contribution in [1.82, 2.24) is 9.55 Å². The molecule has 29 heavy (non-hydrogen) atoms.